The third-order valence-corrected chi connectivity index (χ3v) is 3.90. The molecule has 2 heterocycles. The number of piperidine rings is 1. The fraction of sp³-hybridized carbons (Fsp3) is 0.769. The number of nitrogens with one attached hydrogen (secondary N) is 1. The lowest BCUT2D eigenvalue weighted by atomic mass is 9.83. The van der Waals surface area contributed by atoms with Gasteiger partial charge in [0, 0.05) is 6.54 Å². The van der Waals surface area contributed by atoms with Gasteiger partial charge in [-0.05, 0) is 51.9 Å². The van der Waals surface area contributed by atoms with Gasteiger partial charge in [0.1, 0.15) is 0 Å². The van der Waals surface area contributed by atoms with Crippen LogP contribution in [0.3, 0.4) is 0 Å². The fourth-order valence-corrected chi connectivity index (χ4v) is 2.83. The highest BCUT2D eigenvalue weighted by molar-refractivity contribution is 5.90. The van der Waals surface area contributed by atoms with Crippen LogP contribution in [0.15, 0.2) is 11.1 Å². The molecule has 0 aromatic carbocycles. The fourth-order valence-electron chi connectivity index (χ4n) is 2.83. The minimum absolute atomic E-state index is 0.147. The minimum Gasteiger partial charge on any atom is -0.466 e. The van der Waals surface area contributed by atoms with Gasteiger partial charge < -0.3 is 15.0 Å². The van der Waals surface area contributed by atoms with E-state index >= 15 is 0 Å². The topological polar surface area (TPSA) is 41.6 Å². The summed E-state index contributed by atoms with van der Waals surface area (Å²) in [7, 11) is 3.63. The highest BCUT2D eigenvalue weighted by Crippen LogP contribution is 2.30. The van der Waals surface area contributed by atoms with Crippen molar-refractivity contribution in [2.45, 2.75) is 19.3 Å². The average molecular weight is 238 g/mol. The molecule has 0 saturated carbocycles. The number of likely N-dealkylation sites (tertiary alicyclic amines) is 1. The molecule has 4 heteroatoms. The number of nitrogens with zero attached hydrogens (tertiary/aromatic N) is 1. The Hall–Kier alpha value is -0.870. The van der Waals surface area contributed by atoms with Crippen molar-refractivity contribution >= 4 is 5.97 Å². The summed E-state index contributed by atoms with van der Waals surface area (Å²) < 4.78 is 4.88. The van der Waals surface area contributed by atoms with Gasteiger partial charge in [-0.1, -0.05) is 5.57 Å². The first-order valence-corrected chi connectivity index (χ1v) is 6.42. The van der Waals surface area contributed by atoms with E-state index in [0.29, 0.717) is 12.5 Å². The van der Waals surface area contributed by atoms with Gasteiger partial charge >= 0.3 is 5.97 Å². The van der Waals surface area contributed by atoms with E-state index in [1.165, 1.54) is 25.5 Å². The van der Waals surface area contributed by atoms with Crippen LogP contribution in [0.1, 0.15) is 19.3 Å². The van der Waals surface area contributed by atoms with E-state index in [0.717, 1.165) is 31.6 Å². The zero-order valence-corrected chi connectivity index (χ0v) is 10.8. The van der Waals surface area contributed by atoms with Crippen LogP contribution in [-0.4, -0.2) is 51.2 Å². The maximum absolute atomic E-state index is 11.8. The number of ether oxygens (including phenoxy) is 1. The Balaban J connectivity index is 2.14. The Labute approximate surface area is 103 Å². The van der Waals surface area contributed by atoms with E-state index in [-0.39, 0.29) is 5.97 Å². The summed E-state index contributed by atoms with van der Waals surface area (Å²) in [5.41, 5.74) is 2.23. The van der Waals surface area contributed by atoms with Crippen molar-refractivity contribution in [2.75, 3.05) is 40.3 Å². The van der Waals surface area contributed by atoms with E-state index in [1.54, 1.807) is 0 Å². The Morgan fingerprint density at radius 2 is 2.12 bits per heavy atom. The molecule has 17 heavy (non-hydrogen) atoms. The molecule has 0 atom stereocenters. The van der Waals surface area contributed by atoms with Crippen LogP contribution in [-0.2, 0) is 9.53 Å². The van der Waals surface area contributed by atoms with Crippen LogP contribution in [0.5, 0.6) is 0 Å². The summed E-state index contributed by atoms with van der Waals surface area (Å²) in [5.74, 6) is 0.438. The number of carbonyl (C=O) groups excluding carboxylic acids is 1. The number of esters is 1. The van der Waals surface area contributed by atoms with Crippen LogP contribution in [0.25, 0.3) is 0 Å². The number of hydrogen-bond donors (Lipinski definition) is 1. The summed E-state index contributed by atoms with van der Waals surface area (Å²) >= 11 is 0. The van der Waals surface area contributed by atoms with Crippen molar-refractivity contribution in [3.8, 4) is 0 Å². The summed E-state index contributed by atoms with van der Waals surface area (Å²) in [6, 6.07) is 0. The summed E-state index contributed by atoms with van der Waals surface area (Å²) in [5, 5.41) is 3.26. The van der Waals surface area contributed by atoms with Crippen molar-refractivity contribution < 1.29 is 9.53 Å². The molecule has 0 unspecified atom stereocenters. The number of carbonyl (C=O) groups is 1. The molecular weight excluding hydrogens is 216 g/mol. The highest BCUT2D eigenvalue weighted by Gasteiger charge is 2.27. The second kappa shape index (κ2) is 5.65. The first-order chi connectivity index (χ1) is 8.22. The van der Waals surface area contributed by atoms with E-state index in [4.69, 9.17) is 4.74 Å². The van der Waals surface area contributed by atoms with Gasteiger partial charge in [0.15, 0.2) is 0 Å². The molecule has 0 bridgehead atoms. The molecule has 4 nitrogen and oxygen atoms in total. The van der Waals surface area contributed by atoms with Gasteiger partial charge in [0.25, 0.3) is 0 Å². The minimum atomic E-state index is -0.147. The quantitative estimate of drug-likeness (QED) is 0.722. The molecule has 0 radical (unpaired) electrons. The Bertz CT molecular complexity index is 317. The second-order valence-electron chi connectivity index (χ2n) is 5.00. The Morgan fingerprint density at radius 3 is 2.76 bits per heavy atom. The van der Waals surface area contributed by atoms with Crippen molar-refractivity contribution in [3.05, 3.63) is 11.1 Å². The van der Waals surface area contributed by atoms with E-state index < -0.39 is 0 Å². The molecule has 2 aliphatic heterocycles. The molecule has 0 amide bonds. The molecule has 0 aliphatic carbocycles. The molecule has 1 fully saturated rings. The van der Waals surface area contributed by atoms with Crippen LogP contribution in [0.2, 0.25) is 0 Å². The molecule has 2 rings (SSSR count). The van der Waals surface area contributed by atoms with E-state index in [1.807, 2.05) is 0 Å². The molecule has 1 saturated heterocycles. The summed E-state index contributed by atoms with van der Waals surface area (Å²) in [4.78, 5) is 14.1. The lowest BCUT2D eigenvalue weighted by Crippen LogP contribution is -2.36. The van der Waals surface area contributed by atoms with Crippen molar-refractivity contribution in [1.82, 2.24) is 10.2 Å². The van der Waals surface area contributed by atoms with Crippen molar-refractivity contribution in [2.24, 2.45) is 5.92 Å². The largest absolute Gasteiger partial charge is 0.466 e. The zero-order chi connectivity index (χ0) is 12.3. The van der Waals surface area contributed by atoms with Gasteiger partial charge in [-0.2, -0.15) is 0 Å². The molecule has 0 aromatic heterocycles. The maximum atomic E-state index is 11.8. The van der Waals surface area contributed by atoms with Gasteiger partial charge in [-0.25, -0.2) is 4.79 Å². The van der Waals surface area contributed by atoms with Gasteiger partial charge in [-0.3, -0.25) is 0 Å². The third-order valence-electron chi connectivity index (χ3n) is 3.90. The summed E-state index contributed by atoms with van der Waals surface area (Å²) in [6.45, 7) is 3.93. The smallest absolute Gasteiger partial charge is 0.335 e. The molecule has 0 aromatic rings. The average Bonchev–Trinajstić information content (AvgIpc) is 2.39. The first kappa shape index (κ1) is 12.6. The third kappa shape index (κ3) is 2.87. The SMILES string of the molecule is COC(=O)C1=C(C2CCN(C)CC2)CCNC1. The van der Waals surface area contributed by atoms with Crippen molar-refractivity contribution in [1.29, 1.82) is 0 Å². The second-order valence-corrected chi connectivity index (χ2v) is 5.00. The van der Waals surface area contributed by atoms with Crippen LogP contribution in [0, 0.1) is 5.92 Å². The normalized spacial score (nSPS) is 23.9. The highest BCUT2D eigenvalue weighted by atomic mass is 16.5. The standard InChI is InChI=1S/C13H22N2O2/c1-15-7-4-10(5-8-15)11-3-6-14-9-12(11)13(16)17-2/h10,14H,3-9H2,1-2H3. The van der Waals surface area contributed by atoms with Crippen LogP contribution in [0.4, 0.5) is 0 Å². The van der Waals surface area contributed by atoms with E-state index in [9.17, 15) is 4.79 Å². The Kier molecular flexibility index (Phi) is 4.18. The maximum Gasteiger partial charge on any atom is 0.335 e. The lowest BCUT2D eigenvalue weighted by molar-refractivity contribution is -0.136. The predicted octanol–water partition coefficient (Wildman–Crippen LogP) is 0.791. The van der Waals surface area contributed by atoms with Crippen LogP contribution >= 0.6 is 0 Å². The van der Waals surface area contributed by atoms with E-state index in [2.05, 4.69) is 17.3 Å². The predicted molar refractivity (Wildman–Crippen MR) is 66.7 cm³/mol. The molecule has 0 spiro atoms. The van der Waals surface area contributed by atoms with Gasteiger partial charge in [0.05, 0.1) is 12.7 Å². The molecular formula is C13H22N2O2. The van der Waals surface area contributed by atoms with Gasteiger partial charge in [-0.15, -0.1) is 0 Å². The number of methoxy groups -OCH3 is 1. The van der Waals surface area contributed by atoms with Crippen LogP contribution < -0.4 is 5.32 Å². The lowest BCUT2D eigenvalue weighted by Gasteiger charge is -2.33. The molecule has 1 N–H and O–H groups in total. The summed E-state index contributed by atoms with van der Waals surface area (Å²) in [6.07, 6.45) is 3.34. The Morgan fingerprint density at radius 1 is 1.41 bits per heavy atom. The van der Waals surface area contributed by atoms with Crippen molar-refractivity contribution in [3.63, 3.8) is 0 Å². The number of hydrogen-bond acceptors (Lipinski definition) is 4. The zero-order valence-electron chi connectivity index (χ0n) is 10.8. The molecule has 96 valence electrons. The van der Waals surface area contributed by atoms with Gasteiger partial charge in [0.2, 0.25) is 0 Å². The first-order valence-electron chi connectivity index (χ1n) is 6.42. The number of rotatable bonds is 2. The monoisotopic (exact) mass is 238 g/mol. The molecule has 2 aliphatic rings.